The van der Waals surface area contributed by atoms with Gasteiger partial charge in [-0.1, -0.05) is 5.16 Å². The van der Waals surface area contributed by atoms with Crippen molar-refractivity contribution in [3.8, 4) is 22.8 Å². The number of aromatic nitrogens is 1. The van der Waals surface area contributed by atoms with Gasteiger partial charge in [0.2, 0.25) is 6.79 Å². The Morgan fingerprint density at radius 3 is 2.76 bits per heavy atom. The Morgan fingerprint density at radius 1 is 1.10 bits per heavy atom. The second kappa shape index (κ2) is 4.80. The zero-order valence-electron chi connectivity index (χ0n) is 11.4. The summed E-state index contributed by atoms with van der Waals surface area (Å²) in [5, 5.41) is 3.89. The Morgan fingerprint density at radius 2 is 1.90 bits per heavy atom. The minimum absolute atomic E-state index is 0.0664. The highest BCUT2D eigenvalue weighted by Gasteiger charge is 2.23. The fourth-order valence-corrected chi connectivity index (χ4v) is 2.64. The van der Waals surface area contributed by atoms with Crippen LogP contribution in [-0.2, 0) is 0 Å². The standard InChI is InChI=1S/C15H14N2O4/c18-15(17-5-1-2-6-17)11-8-13(21-16-11)10-3-4-12-14(7-10)20-9-19-12/h3-4,7-8H,1-2,5-6,9H2. The fraction of sp³-hybridized carbons (Fsp3) is 0.333. The smallest absolute Gasteiger partial charge is 0.276 e. The van der Waals surface area contributed by atoms with Crippen LogP contribution in [0.5, 0.6) is 11.5 Å². The van der Waals surface area contributed by atoms with Gasteiger partial charge >= 0.3 is 0 Å². The molecule has 0 N–H and O–H groups in total. The predicted octanol–water partition coefficient (Wildman–Crippen LogP) is 2.31. The van der Waals surface area contributed by atoms with E-state index in [2.05, 4.69) is 5.16 Å². The van der Waals surface area contributed by atoms with Gasteiger partial charge in [0, 0.05) is 24.7 Å². The third-order valence-electron chi connectivity index (χ3n) is 3.78. The molecule has 2 aromatic rings. The van der Waals surface area contributed by atoms with Gasteiger partial charge in [0.1, 0.15) is 0 Å². The Labute approximate surface area is 121 Å². The van der Waals surface area contributed by atoms with Gasteiger partial charge in [-0.15, -0.1) is 0 Å². The van der Waals surface area contributed by atoms with E-state index in [1.54, 1.807) is 11.0 Å². The molecule has 4 rings (SSSR count). The molecule has 0 spiro atoms. The van der Waals surface area contributed by atoms with Crippen LogP contribution in [0.15, 0.2) is 28.8 Å². The van der Waals surface area contributed by atoms with Crippen molar-refractivity contribution >= 4 is 5.91 Å². The van der Waals surface area contributed by atoms with Gasteiger partial charge in [-0.3, -0.25) is 4.79 Å². The number of ether oxygens (including phenoxy) is 2. The number of carbonyl (C=O) groups excluding carboxylic acids is 1. The molecule has 0 radical (unpaired) electrons. The van der Waals surface area contributed by atoms with Crippen molar-refractivity contribution in [2.45, 2.75) is 12.8 Å². The van der Waals surface area contributed by atoms with E-state index in [4.69, 9.17) is 14.0 Å². The summed E-state index contributed by atoms with van der Waals surface area (Å²) < 4.78 is 15.9. The number of benzene rings is 1. The summed E-state index contributed by atoms with van der Waals surface area (Å²) >= 11 is 0. The SMILES string of the molecule is O=C(c1cc(-c2ccc3c(c2)OCO3)on1)N1CCCC1. The van der Waals surface area contributed by atoms with E-state index in [0.717, 1.165) is 31.5 Å². The summed E-state index contributed by atoms with van der Waals surface area (Å²) in [7, 11) is 0. The molecule has 1 saturated heterocycles. The molecule has 2 aliphatic heterocycles. The summed E-state index contributed by atoms with van der Waals surface area (Å²) in [4.78, 5) is 14.0. The number of fused-ring (bicyclic) bond motifs is 1. The Balaban J connectivity index is 1.60. The molecule has 2 aliphatic rings. The van der Waals surface area contributed by atoms with Crippen LogP contribution in [0, 0.1) is 0 Å². The van der Waals surface area contributed by atoms with E-state index in [1.165, 1.54) is 0 Å². The molecule has 0 saturated carbocycles. The molecule has 0 bridgehead atoms. The molecule has 1 amide bonds. The zero-order chi connectivity index (χ0) is 14.2. The average molecular weight is 286 g/mol. The lowest BCUT2D eigenvalue weighted by Gasteiger charge is -2.12. The number of carbonyl (C=O) groups is 1. The van der Waals surface area contributed by atoms with Crippen molar-refractivity contribution < 1.29 is 18.8 Å². The summed E-state index contributed by atoms with van der Waals surface area (Å²) in [6.45, 7) is 1.82. The molecular formula is C15H14N2O4. The van der Waals surface area contributed by atoms with Crippen molar-refractivity contribution in [2.75, 3.05) is 19.9 Å². The molecule has 108 valence electrons. The zero-order valence-corrected chi connectivity index (χ0v) is 11.4. The van der Waals surface area contributed by atoms with Crippen LogP contribution < -0.4 is 9.47 Å². The quantitative estimate of drug-likeness (QED) is 0.847. The first-order valence-corrected chi connectivity index (χ1v) is 6.97. The molecule has 1 fully saturated rings. The molecule has 0 aliphatic carbocycles. The number of hydrogen-bond acceptors (Lipinski definition) is 5. The Kier molecular flexibility index (Phi) is 2.80. The van der Waals surface area contributed by atoms with E-state index in [9.17, 15) is 4.79 Å². The van der Waals surface area contributed by atoms with Crippen LogP contribution >= 0.6 is 0 Å². The summed E-state index contributed by atoms with van der Waals surface area (Å²) in [5.74, 6) is 1.88. The van der Waals surface area contributed by atoms with Gasteiger partial charge in [-0.05, 0) is 31.0 Å². The van der Waals surface area contributed by atoms with Crippen LogP contribution in [0.25, 0.3) is 11.3 Å². The molecule has 0 atom stereocenters. The van der Waals surface area contributed by atoms with Gasteiger partial charge < -0.3 is 18.9 Å². The van der Waals surface area contributed by atoms with Gasteiger partial charge in [0.15, 0.2) is 23.0 Å². The van der Waals surface area contributed by atoms with E-state index in [0.29, 0.717) is 23.0 Å². The molecule has 0 unspecified atom stereocenters. The second-order valence-corrected chi connectivity index (χ2v) is 5.14. The lowest BCUT2D eigenvalue weighted by Crippen LogP contribution is -2.27. The van der Waals surface area contributed by atoms with Crippen molar-refractivity contribution in [3.63, 3.8) is 0 Å². The van der Waals surface area contributed by atoms with Crippen LogP contribution in [-0.4, -0.2) is 35.8 Å². The Bertz CT molecular complexity index is 689. The van der Waals surface area contributed by atoms with Crippen molar-refractivity contribution in [3.05, 3.63) is 30.0 Å². The number of nitrogens with zero attached hydrogens (tertiary/aromatic N) is 2. The summed E-state index contributed by atoms with van der Waals surface area (Å²) in [5.41, 5.74) is 1.16. The molecule has 6 nitrogen and oxygen atoms in total. The average Bonchev–Trinajstić information content (AvgIpc) is 3.25. The van der Waals surface area contributed by atoms with Gasteiger partial charge in [-0.25, -0.2) is 0 Å². The van der Waals surface area contributed by atoms with Crippen molar-refractivity contribution in [1.29, 1.82) is 0 Å². The van der Waals surface area contributed by atoms with Crippen molar-refractivity contribution in [1.82, 2.24) is 10.1 Å². The highest BCUT2D eigenvalue weighted by Crippen LogP contribution is 2.36. The van der Waals surface area contributed by atoms with Gasteiger partial charge in [-0.2, -0.15) is 0 Å². The first-order valence-electron chi connectivity index (χ1n) is 6.97. The van der Waals surface area contributed by atoms with Gasteiger partial charge in [0.05, 0.1) is 0 Å². The third kappa shape index (κ3) is 2.12. The van der Waals surface area contributed by atoms with Crippen molar-refractivity contribution in [2.24, 2.45) is 0 Å². The monoisotopic (exact) mass is 286 g/mol. The molecule has 21 heavy (non-hydrogen) atoms. The lowest BCUT2D eigenvalue weighted by molar-refractivity contribution is 0.0782. The van der Waals surface area contributed by atoms with Crippen LogP contribution in [0.4, 0.5) is 0 Å². The number of amides is 1. The van der Waals surface area contributed by atoms with Crippen LogP contribution in [0.3, 0.4) is 0 Å². The highest BCUT2D eigenvalue weighted by molar-refractivity contribution is 5.93. The molecule has 1 aromatic carbocycles. The summed E-state index contributed by atoms with van der Waals surface area (Å²) in [6.07, 6.45) is 2.11. The maximum atomic E-state index is 12.2. The van der Waals surface area contributed by atoms with Crippen LogP contribution in [0.1, 0.15) is 23.3 Å². The third-order valence-corrected chi connectivity index (χ3v) is 3.78. The summed E-state index contributed by atoms with van der Waals surface area (Å²) in [6, 6.07) is 7.19. The molecule has 1 aromatic heterocycles. The second-order valence-electron chi connectivity index (χ2n) is 5.14. The van der Waals surface area contributed by atoms with Gasteiger partial charge in [0.25, 0.3) is 5.91 Å². The van der Waals surface area contributed by atoms with E-state index >= 15 is 0 Å². The number of rotatable bonds is 2. The minimum Gasteiger partial charge on any atom is -0.454 e. The maximum Gasteiger partial charge on any atom is 0.276 e. The van der Waals surface area contributed by atoms with E-state index < -0.39 is 0 Å². The minimum atomic E-state index is -0.0664. The highest BCUT2D eigenvalue weighted by atomic mass is 16.7. The lowest BCUT2D eigenvalue weighted by atomic mass is 10.1. The molecular weight excluding hydrogens is 272 g/mol. The maximum absolute atomic E-state index is 12.2. The van der Waals surface area contributed by atoms with E-state index in [1.807, 2.05) is 18.2 Å². The van der Waals surface area contributed by atoms with Crippen LogP contribution in [0.2, 0.25) is 0 Å². The molecule has 3 heterocycles. The predicted molar refractivity (Wildman–Crippen MR) is 73.2 cm³/mol. The first-order chi connectivity index (χ1) is 10.3. The topological polar surface area (TPSA) is 64.8 Å². The first kappa shape index (κ1) is 12.3. The van der Waals surface area contributed by atoms with E-state index in [-0.39, 0.29) is 12.7 Å². The Hall–Kier alpha value is -2.50. The largest absolute Gasteiger partial charge is 0.454 e. The molecule has 6 heteroatoms. The fourth-order valence-electron chi connectivity index (χ4n) is 2.64. The normalized spacial score (nSPS) is 16.5. The number of likely N-dealkylation sites (tertiary alicyclic amines) is 1. The number of hydrogen-bond donors (Lipinski definition) is 0.